The summed E-state index contributed by atoms with van der Waals surface area (Å²) in [7, 11) is 1.73. The van der Waals surface area contributed by atoms with E-state index in [1.165, 1.54) is 22.2 Å². The molecule has 0 saturated carbocycles. The number of rotatable bonds is 6. The second-order valence-corrected chi connectivity index (χ2v) is 9.48. The van der Waals surface area contributed by atoms with Crippen molar-refractivity contribution in [2.45, 2.75) is 26.9 Å². The van der Waals surface area contributed by atoms with Gasteiger partial charge in [-0.3, -0.25) is 19.0 Å². The quantitative estimate of drug-likeness (QED) is 0.423. The molecule has 2 amide bonds. The number of hydrogen-bond acceptors (Lipinski definition) is 5. The van der Waals surface area contributed by atoms with Crippen molar-refractivity contribution >= 4 is 50.7 Å². The summed E-state index contributed by atoms with van der Waals surface area (Å²) < 4.78 is 1.25. The minimum absolute atomic E-state index is 0.177. The highest BCUT2D eigenvalue weighted by atomic mass is 35.5. The number of benzene rings is 2. The van der Waals surface area contributed by atoms with Gasteiger partial charge in [0.2, 0.25) is 5.91 Å². The molecule has 0 atom stereocenters. The van der Waals surface area contributed by atoms with Crippen molar-refractivity contribution in [2.24, 2.45) is 0 Å². The van der Waals surface area contributed by atoms with E-state index in [1.807, 2.05) is 37.3 Å². The Morgan fingerprint density at radius 1 is 1.15 bits per heavy atom. The van der Waals surface area contributed by atoms with Crippen LogP contribution in [0.1, 0.15) is 26.4 Å². The predicted molar refractivity (Wildman–Crippen MR) is 136 cm³/mol. The minimum Gasteiger partial charge on any atom is -0.337 e. The van der Waals surface area contributed by atoms with Crippen LogP contribution in [0.3, 0.4) is 0 Å². The Morgan fingerprint density at radius 3 is 2.59 bits per heavy atom. The smallest absolute Gasteiger partial charge is 0.264 e. The Hall–Kier alpha value is -3.49. The summed E-state index contributed by atoms with van der Waals surface area (Å²) in [4.78, 5) is 45.7. The van der Waals surface area contributed by atoms with Crippen molar-refractivity contribution in [3.63, 3.8) is 0 Å². The highest BCUT2D eigenvalue weighted by Gasteiger charge is 2.22. The van der Waals surface area contributed by atoms with Crippen molar-refractivity contribution in [1.29, 1.82) is 0 Å². The second-order valence-electron chi connectivity index (χ2n) is 8.07. The largest absolute Gasteiger partial charge is 0.337 e. The van der Waals surface area contributed by atoms with Gasteiger partial charge in [0.1, 0.15) is 11.4 Å². The number of amides is 2. The van der Waals surface area contributed by atoms with Gasteiger partial charge in [0.15, 0.2) is 0 Å². The maximum absolute atomic E-state index is 13.1. The number of fused-ring (bicyclic) bond motifs is 1. The Labute approximate surface area is 205 Å². The third-order valence-corrected chi connectivity index (χ3v) is 7.09. The first-order valence-electron chi connectivity index (χ1n) is 10.6. The molecule has 0 aliphatic carbocycles. The topological polar surface area (TPSA) is 84.3 Å². The summed E-state index contributed by atoms with van der Waals surface area (Å²) in [6.07, 6.45) is 1.34. The van der Waals surface area contributed by atoms with E-state index in [9.17, 15) is 14.4 Å². The lowest BCUT2D eigenvalue weighted by molar-refractivity contribution is -0.116. The average Bonchev–Trinajstić information content (AvgIpc) is 3.15. The van der Waals surface area contributed by atoms with Crippen LogP contribution in [-0.2, 0) is 17.9 Å². The van der Waals surface area contributed by atoms with E-state index in [1.54, 1.807) is 37.1 Å². The fraction of sp³-hybridized carbons (Fsp3) is 0.200. The summed E-state index contributed by atoms with van der Waals surface area (Å²) >= 11 is 7.30. The molecule has 2 heterocycles. The molecule has 174 valence electrons. The first kappa shape index (κ1) is 23.7. The molecule has 0 spiro atoms. The molecular weight excluding hydrogens is 472 g/mol. The molecule has 0 bridgehead atoms. The molecule has 2 aromatic carbocycles. The van der Waals surface area contributed by atoms with Crippen LogP contribution >= 0.6 is 22.9 Å². The van der Waals surface area contributed by atoms with Gasteiger partial charge in [-0.05, 0) is 42.7 Å². The third kappa shape index (κ3) is 4.88. The van der Waals surface area contributed by atoms with Crippen LogP contribution in [0, 0.1) is 13.8 Å². The zero-order valence-electron chi connectivity index (χ0n) is 19.0. The molecule has 0 radical (unpaired) electrons. The molecule has 34 heavy (non-hydrogen) atoms. The van der Waals surface area contributed by atoms with E-state index in [-0.39, 0.29) is 23.9 Å². The van der Waals surface area contributed by atoms with E-state index in [0.717, 1.165) is 11.1 Å². The maximum atomic E-state index is 13.1. The molecule has 0 saturated heterocycles. The summed E-state index contributed by atoms with van der Waals surface area (Å²) in [5, 5.41) is 3.64. The number of thiophene rings is 1. The highest BCUT2D eigenvalue weighted by Crippen LogP contribution is 2.28. The van der Waals surface area contributed by atoms with E-state index in [0.29, 0.717) is 37.9 Å². The molecule has 7 nitrogen and oxygen atoms in total. The van der Waals surface area contributed by atoms with Crippen LogP contribution in [0.2, 0.25) is 5.02 Å². The zero-order chi connectivity index (χ0) is 24.4. The number of carbonyl (C=O) groups excluding carboxylic acids is 2. The van der Waals surface area contributed by atoms with E-state index < -0.39 is 0 Å². The van der Waals surface area contributed by atoms with Crippen LogP contribution in [-0.4, -0.2) is 33.3 Å². The van der Waals surface area contributed by atoms with Gasteiger partial charge in [0.25, 0.3) is 11.5 Å². The summed E-state index contributed by atoms with van der Waals surface area (Å²) in [5.41, 5.74) is 2.67. The van der Waals surface area contributed by atoms with Gasteiger partial charge in [-0.2, -0.15) is 0 Å². The maximum Gasteiger partial charge on any atom is 0.264 e. The van der Waals surface area contributed by atoms with Crippen LogP contribution in [0.4, 0.5) is 5.69 Å². The first-order chi connectivity index (χ1) is 16.2. The van der Waals surface area contributed by atoms with Gasteiger partial charge in [0.05, 0.1) is 16.6 Å². The molecule has 4 aromatic rings. The lowest BCUT2D eigenvalue weighted by atomic mass is 10.2. The highest BCUT2D eigenvalue weighted by molar-refractivity contribution is 7.20. The molecule has 0 aliphatic rings. The Morgan fingerprint density at radius 2 is 1.88 bits per heavy atom. The normalized spacial score (nSPS) is 10.9. The van der Waals surface area contributed by atoms with Crippen molar-refractivity contribution in [3.8, 4) is 0 Å². The van der Waals surface area contributed by atoms with Gasteiger partial charge in [-0.15, -0.1) is 11.3 Å². The van der Waals surface area contributed by atoms with Crippen molar-refractivity contribution in [2.75, 3.05) is 12.4 Å². The van der Waals surface area contributed by atoms with E-state index in [2.05, 4.69) is 10.3 Å². The molecule has 0 unspecified atom stereocenters. The van der Waals surface area contributed by atoms with E-state index in [4.69, 9.17) is 11.6 Å². The molecular formula is C25H23ClN4O3S. The zero-order valence-corrected chi connectivity index (χ0v) is 20.5. The molecule has 1 N–H and O–H groups in total. The fourth-order valence-electron chi connectivity index (χ4n) is 3.60. The number of nitrogens with one attached hydrogen (secondary N) is 1. The minimum atomic E-state index is -0.380. The Balaban J connectivity index is 1.56. The predicted octanol–water partition coefficient (Wildman–Crippen LogP) is 4.64. The second kappa shape index (κ2) is 9.79. The molecule has 0 fully saturated rings. The van der Waals surface area contributed by atoms with Crippen molar-refractivity contribution < 1.29 is 9.59 Å². The number of anilines is 1. The third-order valence-electron chi connectivity index (χ3n) is 5.49. The summed E-state index contributed by atoms with van der Waals surface area (Å²) in [5.74, 6) is -0.556. The first-order valence-corrected chi connectivity index (χ1v) is 11.8. The van der Waals surface area contributed by atoms with Gasteiger partial charge in [-0.1, -0.05) is 48.0 Å². The van der Waals surface area contributed by atoms with Gasteiger partial charge in [-0.25, -0.2) is 4.98 Å². The van der Waals surface area contributed by atoms with Crippen molar-refractivity contribution in [3.05, 3.63) is 91.8 Å². The number of nitrogens with zero attached hydrogens (tertiary/aromatic N) is 3. The van der Waals surface area contributed by atoms with Crippen LogP contribution in [0.25, 0.3) is 10.2 Å². The monoisotopic (exact) mass is 494 g/mol. The van der Waals surface area contributed by atoms with Gasteiger partial charge in [0, 0.05) is 24.3 Å². The summed E-state index contributed by atoms with van der Waals surface area (Å²) in [6, 6.07) is 14.9. The average molecular weight is 495 g/mol. The number of hydrogen-bond donors (Lipinski definition) is 1. The Bertz CT molecular complexity index is 1450. The number of halogens is 1. The SMILES string of the molecule is Cc1ccc(NC(=O)Cn2cnc3sc(C(=O)N(C)Cc4ccccc4)c(C)c3c2=O)cc1Cl. The lowest BCUT2D eigenvalue weighted by Crippen LogP contribution is -2.28. The standard InChI is InChI=1S/C25H23ClN4O3S/c1-15-9-10-18(11-19(15)26)28-20(31)13-30-14-27-23-21(24(30)32)16(2)22(34-23)25(33)29(3)12-17-7-5-4-6-8-17/h4-11,14H,12-13H2,1-3H3,(H,28,31). The molecule has 4 rings (SSSR count). The van der Waals surface area contributed by atoms with E-state index >= 15 is 0 Å². The van der Waals surface area contributed by atoms with Crippen LogP contribution < -0.4 is 10.9 Å². The number of aromatic nitrogens is 2. The number of carbonyl (C=O) groups is 2. The van der Waals surface area contributed by atoms with Gasteiger partial charge >= 0.3 is 0 Å². The fourth-order valence-corrected chi connectivity index (χ4v) is 4.92. The molecule has 2 aromatic heterocycles. The van der Waals surface area contributed by atoms with Crippen molar-refractivity contribution in [1.82, 2.24) is 14.5 Å². The molecule has 0 aliphatic heterocycles. The molecule has 9 heteroatoms. The lowest BCUT2D eigenvalue weighted by Gasteiger charge is -2.16. The summed E-state index contributed by atoms with van der Waals surface area (Å²) in [6.45, 7) is 3.86. The van der Waals surface area contributed by atoms with Crippen LogP contribution in [0.5, 0.6) is 0 Å². The van der Waals surface area contributed by atoms with Gasteiger partial charge < -0.3 is 10.2 Å². The number of aryl methyl sites for hydroxylation is 2. The van der Waals surface area contributed by atoms with Crippen LogP contribution in [0.15, 0.2) is 59.7 Å². The Kier molecular flexibility index (Phi) is 6.81.